The number of hydrogen-bond donors (Lipinski definition) is 1. The molecule has 0 bridgehead atoms. The summed E-state index contributed by atoms with van der Waals surface area (Å²) < 4.78 is 30.4. The molecule has 18 heavy (non-hydrogen) atoms. The molecule has 96 valence electrons. The smallest absolute Gasteiger partial charge is 0.271 e. The Kier molecular flexibility index (Phi) is 4.19. The van der Waals surface area contributed by atoms with Gasteiger partial charge in [-0.1, -0.05) is 0 Å². The van der Waals surface area contributed by atoms with Crippen molar-refractivity contribution in [1.82, 2.24) is 4.72 Å². The maximum atomic E-state index is 11.8. The number of nitro groups is 1. The number of hydrogen-bond acceptors (Lipinski definition) is 6. The Bertz CT molecular complexity index is 605. The molecule has 1 N–H and O–H groups in total. The Morgan fingerprint density at radius 3 is 2.72 bits per heavy atom. The van der Waals surface area contributed by atoms with E-state index >= 15 is 0 Å². The Morgan fingerprint density at radius 1 is 1.56 bits per heavy atom. The molecule has 1 aromatic rings. The van der Waals surface area contributed by atoms with Gasteiger partial charge < -0.3 is 4.74 Å². The fourth-order valence-electron chi connectivity index (χ4n) is 1.19. The Morgan fingerprint density at radius 2 is 2.22 bits per heavy atom. The highest BCUT2D eigenvalue weighted by atomic mass is 32.2. The average molecular weight is 271 g/mol. The predicted molar refractivity (Wildman–Crippen MR) is 60.4 cm³/mol. The van der Waals surface area contributed by atoms with Crippen LogP contribution >= 0.6 is 0 Å². The van der Waals surface area contributed by atoms with Gasteiger partial charge in [0.2, 0.25) is 10.0 Å². The second kappa shape index (κ2) is 5.44. The van der Waals surface area contributed by atoms with Gasteiger partial charge in [-0.05, 0) is 6.07 Å². The zero-order valence-electron chi connectivity index (χ0n) is 9.28. The largest absolute Gasteiger partial charge is 0.495 e. The molecule has 0 fully saturated rings. The van der Waals surface area contributed by atoms with Gasteiger partial charge in [0, 0.05) is 12.1 Å². The molecule has 0 amide bonds. The summed E-state index contributed by atoms with van der Waals surface area (Å²) in [5, 5.41) is 18.9. The van der Waals surface area contributed by atoms with E-state index in [1.54, 1.807) is 6.07 Å². The zero-order chi connectivity index (χ0) is 13.8. The van der Waals surface area contributed by atoms with Gasteiger partial charge in [0.1, 0.15) is 10.6 Å². The monoisotopic (exact) mass is 271 g/mol. The van der Waals surface area contributed by atoms with Gasteiger partial charge in [0.05, 0.1) is 24.6 Å². The summed E-state index contributed by atoms with van der Waals surface area (Å²) in [6.07, 6.45) is 0. The van der Waals surface area contributed by atoms with E-state index in [1.807, 2.05) is 4.72 Å². The lowest BCUT2D eigenvalue weighted by Gasteiger charge is -2.08. The molecule has 0 aliphatic rings. The van der Waals surface area contributed by atoms with Crippen LogP contribution in [0.5, 0.6) is 5.75 Å². The number of non-ortho nitro benzene ring substituents is 1. The number of ether oxygens (including phenoxy) is 1. The fraction of sp³-hybridized carbons (Fsp3) is 0.222. The zero-order valence-corrected chi connectivity index (χ0v) is 10.1. The second-order valence-corrected chi connectivity index (χ2v) is 4.81. The van der Waals surface area contributed by atoms with Crippen LogP contribution in [0, 0.1) is 21.4 Å². The van der Waals surface area contributed by atoms with Crippen LogP contribution in [0.3, 0.4) is 0 Å². The minimum Gasteiger partial charge on any atom is -0.495 e. The van der Waals surface area contributed by atoms with Crippen molar-refractivity contribution in [2.24, 2.45) is 0 Å². The molecule has 0 radical (unpaired) electrons. The number of nitrogens with one attached hydrogen (secondary N) is 1. The summed E-state index contributed by atoms with van der Waals surface area (Å²) >= 11 is 0. The Hall–Kier alpha value is -2.18. The molecule has 0 aromatic heterocycles. The lowest BCUT2D eigenvalue weighted by Crippen LogP contribution is -2.24. The average Bonchev–Trinajstić information content (AvgIpc) is 2.35. The lowest BCUT2D eigenvalue weighted by molar-refractivity contribution is -0.385. The maximum absolute atomic E-state index is 11.8. The minimum absolute atomic E-state index is 0.0361. The van der Waals surface area contributed by atoms with Crippen molar-refractivity contribution in [3.63, 3.8) is 0 Å². The molecule has 0 aliphatic carbocycles. The molecule has 1 rings (SSSR count). The number of benzene rings is 1. The van der Waals surface area contributed by atoms with Crippen LogP contribution in [0.2, 0.25) is 0 Å². The van der Waals surface area contributed by atoms with Crippen LogP contribution in [0.15, 0.2) is 23.1 Å². The summed E-state index contributed by atoms with van der Waals surface area (Å²) in [7, 11) is -2.78. The topological polar surface area (TPSA) is 122 Å². The molecular formula is C9H9N3O5S. The van der Waals surface area contributed by atoms with Gasteiger partial charge >= 0.3 is 0 Å². The highest BCUT2D eigenvalue weighted by molar-refractivity contribution is 7.89. The summed E-state index contributed by atoms with van der Waals surface area (Å²) in [5.41, 5.74) is -0.381. The molecule has 0 unspecified atom stereocenters. The van der Waals surface area contributed by atoms with Crippen molar-refractivity contribution >= 4 is 15.7 Å². The van der Waals surface area contributed by atoms with E-state index in [0.717, 1.165) is 12.1 Å². The quantitative estimate of drug-likeness (QED) is 0.470. The van der Waals surface area contributed by atoms with Crippen LogP contribution in [-0.4, -0.2) is 27.0 Å². The molecule has 1 aromatic carbocycles. The number of rotatable bonds is 5. The maximum Gasteiger partial charge on any atom is 0.271 e. The van der Waals surface area contributed by atoms with Crippen molar-refractivity contribution in [3.8, 4) is 11.8 Å². The second-order valence-electron chi connectivity index (χ2n) is 3.07. The third kappa shape index (κ3) is 2.93. The first kappa shape index (κ1) is 13.9. The van der Waals surface area contributed by atoms with Gasteiger partial charge in [-0.3, -0.25) is 10.1 Å². The number of methoxy groups -OCH3 is 1. The number of nitrogens with zero attached hydrogens (tertiary/aromatic N) is 2. The third-order valence-corrected chi connectivity index (χ3v) is 3.41. The molecule has 8 nitrogen and oxygen atoms in total. The van der Waals surface area contributed by atoms with Crippen LogP contribution in [0.4, 0.5) is 5.69 Å². The SMILES string of the molecule is COc1ccc([N+](=O)[O-])cc1S(=O)(=O)NCC#N. The summed E-state index contributed by atoms with van der Waals surface area (Å²) in [6, 6.07) is 4.78. The van der Waals surface area contributed by atoms with E-state index in [0.29, 0.717) is 0 Å². The highest BCUT2D eigenvalue weighted by Gasteiger charge is 2.22. The van der Waals surface area contributed by atoms with Gasteiger partial charge in [-0.25, -0.2) is 8.42 Å². The molecule has 0 saturated carbocycles. The van der Waals surface area contributed by atoms with Gasteiger partial charge in [0.15, 0.2) is 0 Å². The van der Waals surface area contributed by atoms with Gasteiger partial charge in [0.25, 0.3) is 5.69 Å². The van der Waals surface area contributed by atoms with Gasteiger partial charge in [-0.15, -0.1) is 0 Å². The number of sulfonamides is 1. The van der Waals surface area contributed by atoms with Crippen molar-refractivity contribution in [2.75, 3.05) is 13.7 Å². The Labute approximate surface area is 103 Å². The van der Waals surface area contributed by atoms with Gasteiger partial charge in [-0.2, -0.15) is 9.98 Å². The third-order valence-electron chi connectivity index (χ3n) is 1.99. The number of nitriles is 1. The van der Waals surface area contributed by atoms with Crippen molar-refractivity contribution < 1.29 is 18.1 Å². The van der Waals surface area contributed by atoms with Crippen molar-refractivity contribution in [1.29, 1.82) is 5.26 Å². The fourth-order valence-corrected chi connectivity index (χ4v) is 2.30. The van der Waals surface area contributed by atoms with Crippen LogP contribution in [0.1, 0.15) is 0 Å². The molecular weight excluding hydrogens is 262 g/mol. The van der Waals surface area contributed by atoms with E-state index < -0.39 is 21.5 Å². The van der Waals surface area contributed by atoms with E-state index in [2.05, 4.69) is 0 Å². The first-order chi connectivity index (χ1) is 8.42. The summed E-state index contributed by atoms with van der Waals surface area (Å²) in [6.45, 7) is -0.436. The van der Waals surface area contributed by atoms with E-state index in [1.165, 1.54) is 13.2 Å². The molecule has 0 saturated heterocycles. The highest BCUT2D eigenvalue weighted by Crippen LogP contribution is 2.27. The molecule has 9 heteroatoms. The summed E-state index contributed by atoms with van der Waals surface area (Å²) in [5.74, 6) is -0.0361. The molecule has 0 atom stereocenters. The van der Waals surface area contributed by atoms with E-state index in [9.17, 15) is 18.5 Å². The first-order valence-corrected chi connectivity index (χ1v) is 6.09. The van der Waals surface area contributed by atoms with E-state index in [4.69, 9.17) is 10.00 Å². The van der Waals surface area contributed by atoms with Crippen molar-refractivity contribution in [3.05, 3.63) is 28.3 Å². The number of nitro benzene ring substituents is 1. The van der Waals surface area contributed by atoms with E-state index in [-0.39, 0.29) is 16.3 Å². The Balaban J connectivity index is 3.33. The van der Waals surface area contributed by atoms with Crippen molar-refractivity contribution in [2.45, 2.75) is 4.90 Å². The molecule has 0 spiro atoms. The molecule has 0 heterocycles. The van der Waals surface area contributed by atoms with Crippen LogP contribution in [-0.2, 0) is 10.0 Å². The normalized spacial score (nSPS) is 10.7. The van der Waals surface area contributed by atoms with Crippen LogP contribution < -0.4 is 9.46 Å². The minimum atomic E-state index is -4.02. The summed E-state index contributed by atoms with van der Waals surface area (Å²) in [4.78, 5) is 9.49. The predicted octanol–water partition coefficient (Wildman–Crippen LogP) is 0.405. The standard InChI is InChI=1S/C9H9N3O5S/c1-17-8-3-2-7(12(13)14)6-9(8)18(15,16)11-5-4-10/h2-3,6,11H,5H2,1H3. The molecule has 0 aliphatic heterocycles. The first-order valence-electron chi connectivity index (χ1n) is 4.61. The van der Waals surface area contributed by atoms with Crippen LogP contribution in [0.25, 0.3) is 0 Å². The lowest BCUT2D eigenvalue weighted by atomic mass is 10.3.